The summed E-state index contributed by atoms with van der Waals surface area (Å²) in [4.78, 5) is 13.5. The second-order valence-corrected chi connectivity index (χ2v) is 11.0. The highest BCUT2D eigenvalue weighted by Gasteiger charge is 2.11. The predicted octanol–water partition coefficient (Wildman–Crippen LogP) is 7.48. The molecule has 5 rings (SSSR count). The lowest BCUT2D eigenvalue weighted by atomic mass is 10.2. The molecule has 0 radical (unpaired) electrons. The molecule has 0 aliphatic heterocycles. The molecule has 0 spiro atoms. The summed E-state index contributed by atoms with van der Waals surface area (Å²) in [5.41, 5.74) is 5.63. The monoisotopic (exact) mass is 809 g/mol. The van der Waals surface area contributed by atoms with Crippen LogP contribution in [0.3, 0.4) is 0 Å². The minimum atomic E-state index is 0. The predicted molar refractivity (Wildman–Crippen MR) is 183 cm³/mol. The average molecular weight is 810 g/mol. The minimum Gasteiger partial charge on any atom is -0.497 e. The van der Waals surface area contributed by atoms with Gasteiger partial charge in [0.2, 0.25) is 17.8 Å². The van der Waals surface area contributed by atoms with E-state index in [0.717, 1.165) is 41.2 Å². The van der Waals surface area contributed by atoms with Crippen LogP contribution in [0.4, 0.5) is 23.5 Å². The molecule has 10 nitrogen and oxygen atoms in total. The van der Waals surface area contributed by atoms with Crippen LogP contribution in [0.25, 0.3) is 0 Å². The van der Waals surface area contributed by atoms with Gasteiger partial charge in [0.25, 0.3) is 0 Å². The van der Waals surface area contributed by atoms with Gasteiger partial charge in [-0.3, -0.25) is 0 Å². The van der Waals surface area contributed by atoms with Crippen molar-refractivity contribution in [3.8, 4) is 11.5 Å². The van der Waals surface area contributed by atoms with E-state index in [9.17, 15) is 0 Å². The molecule has 0 aliphatic carbocycles. The fraction of sp³-hybridized carbons (Fsp3) is 0.103. The van der Waals surface area contributed by atoms with Crippen LogP contribution in [0.15, 0.2) is 94.6 Å². The van der Waals surface area contributed by atoms with Crippen LogP contribution in [-0.2, 0) is 13.2 Å². The molecule has 42 heavy (non-hydrogen) atoms. The second-order valence-electron chi connectivity index (χ2n) is 8.54. The fourth-order valence-electron chi connectivity index (χ4n) is 3.66. The molecule has 0 saturated heterocycles. The summed E-state index contributed by atoms with van der Waals surface area (Å²) in [7, 11) is 1.62. The first-order chi connectivity index (χ1) is 20.1. The maximum absolute atomic E-state index is 6.19. The molecular weight excluding hydrogens is 784 g/mol. The van der Waals surface area contributed by atoms with E-state index in [4.69, 9.17) is 13.9 Å². The van der Waals surface area contributed by atoms with Gasteiger partial charge in [-0.25, -0.2) is 5.43 Å². The molecule has 0 bridgehead atoms. The molecule has 0 saturated carbocycles. The summed E-state index contributed by atoms with van der Waals surface area (Å²) >= 11 is 4.56. The zero-order valence-electron chi connectivity index (χ0n) is 22.3. The van der Waals surface area contributed by atoms with Crippen molar-refractivity contribution in [3.05, 3.63) is 109 Å². The maximum atomic E-state index is 6.19. The first-order valence-electron chi connectivity index (χ1n) is 12.4. The number of furan rings is 1. The Labute approximate surface area is 276 Å². The summed E-state index contributed by atoms with van der Waals surface area (Å²) in [5, 5.41) is 10.8. The highest BCUT2D eigenvalue weighted by atomic mass is 127. The third-order valence-corrected chi connectivity index (χ3v) is 7.04. The third-order valence-electron chi connectivity index (χ3n) is 5.61. The van der Waals surface area contributed by atoms with E-state index in [1.165, 1.54) is 0 Å². The van der Waals surface area contributed by atoms with Gasteiger partial charge in [-0.1, -0.05) is 30.3 Å². The standard InChI is InChI=1S/C29H25I2N7O3.ClH/c1-39-23-11-9-22(10-12-23)34-28-35-27(32-17-24-8-5-13-40-24)36-29(37-28)38-33-16-20-14-21(30)15-25(31)26(20)41-18-19-6-3-2-4-7-19;/h2-16H,17-18H2,1H3,(H3,32,34,35,36,37,38);1H/b33-16+;. The van der Waals surface area contributed by atoms with Crippen molar-refractivity contribution in [1.82, 2.24) is 15.0 Å². The Bertz CT molecular complexity index is 1610. The van der Waals surface area contributed by atoms with Crippen molar-refractivity contribution in [2.24, 2.45) is 5.10 Å². The molecule has 0 atom stereocenters. The molecule has 2 aromatic heterocycles. The van der Waals surface area contributed by atoms with E-state index in [1.807, 2.05) is 72.8 Å². The average Bonchev–Trinajstić information content (AvgIpc) is 3.50. The van der Waals surface area contributed by atoms with Gasteiger partial charge in [-0.15, -0.1) is 12.4 Å². The summed E-state index contributed by atoms with van der Waals surface area (Å²) in [6, 6.07) is 25.3. The Kier molecular flexibility index (Phi) is 11.6. The Morgan fingerprint density at radius 3 is 2.40 bits per heavy atom. The minimum absolute atomic E-state index is 0. The Balaban J connectivity index is 0.00000405. The van der Waals surface area contributed by atoms with E-state index in [-0.39, 0.29) is 18.4 Å². The lowest BCUT2D eigenvalue weighted by molar-refractivity contribution is 0.303. The van der Waals surface area contributed by atoms with Crippen molar-refractivity contribution in [2.45, 2.75) is 13.2 Å². The highest BCUT2D eigenvalue weighted by molar-refractivity contribution is 14.1. The van der Waals surface area contributed by atoms with Crippen LogP contribution in [0, 0.1) is 7.14 Å². The van der Waals surface area contributed by atoms with Gasteiger partial charge in [0, 0.05) is 14.8 Å². The van der Waals surface area contributed by atoms with Gasteiger partial charge in [0.05, 0.1) is 29.7 Å². The third kappa shape index (κ3) is 8.93. The summed E-state index contributed by atoms with van der Waals surface area (Å²) in [5.74, 6) is 3.18. The quantitative estimate of drug-likeness (QED) is 0.0670. The molecule has 3 N–H and O–H groups in total. The molecule has 2 heterocycles. The number of methoxy groups -OCH3 is 1. The molecule has 3 aromatic carbocycles. The summed E-state index contributed by atoms with van der Waals surface area (Å²) < 4.78 is 18.9. The zero-order chi connectivity index (χ0) is 28.4. The number of benzene rings is 3. The molecular formula is C29H26ClI2N7O3. The van der Waals surface area contributed by atoms with Crippen molar-refractivity contribution >= 4 is 87.3 Å². The van der Waals surface area contributed by atoms with E-state index < -0.39 is 0 Å². The Morgan fingerprint density at radius 1 is 0.905 bits per heavy atom. The van der Waals surface area contributed by atoms with Gasteiger partial charge < -0.3 is 24.5 Å². The maximum Gasteiger partial charge on any atom is 0.250 e. The SMILES string of the molecule is COc1ccc(Nc2nc(NCc3ccco3)nc(N/N=C/c3cc(I)cc(I)c3OCc3ccccc3)n2)cc1.Cl. The van der Waals surface area contributed by atoms with Crippen LogP contribution in [0.1, 0.15) is 16.9 Å². The number of rotatable bonds is 12. The van der Waals surface area contributed by atoms with E-state index >= 15 is 0 Å². The number of nitrogens with one attached hydrogen (secondary N) is 3. The number of nitrogens with zero attached hydrogens (tertiary/aromatic N) is 4. The summed E-state index contributed by atoms with van der Waals surface area (Å²) in [6.45, 7) is 0.856. The molecule has 5 aromatic rings. The van der Waals surface area contributed by atoms with E-state index in [0.29, 0.717) is 25.0 Å². The number of anilines is 4. The summed E-state index contributed by atoms with van der Waals surface area (Å²) in [6.07, 6.45) is 3.31. The molecule has 0 aliphatic rings. The Hall–Kier alpha value is -3.63. The number of hydrogen-bond donors (Lipinski definition) is 3. The normalized spacial score (nSPS) is 10.6. The zero-order valence-corrected chi connectivity index (χ0v) is 27.4. The topological polar surface area (TPSA) is 119 Å². The smallest absolute Gasteiger partial charge is 0.250 e. The Morgan fingerprint density at radius 2 is 1.67 bits per heavy atom. The van der Waals surface area contributed by atoms with Crippen LogP contribution < -0.4 is 25.5 Å². The van der Waals surface area contributed by atoms with Gasteiger partial charge in [-0.2, -0.15) is 20.1 Å². The second kappa shape index (κ2) is 15.6. The van der Waals surface area contributed by atoms with Gasteiger partial charge >= 0.3 is 0 Å². The van der Waals surface area contributed by atoms with Crippen molar-refractivity contribution in [2.75, 3.05) is 23.2 Å². The first-order valence-corrected chi connectivity index (χ1v) is 14.6. The molecule has 0 fully saturated rings. The van der Waals surface area contributed by atoms with Gasteiger partial charge in [-0.05, 0) is 99.3 Å². The number of halogens is 3. The number of hydrogen-bond acceptors (Lipinski definition) is 10. The molecule has 13 heteroatoms. The van der Waals surface area contributed by atoms with E-state index in [2.05, 4.69) is 87.4 Å². The van der Waals surface area contributed by atoms with Crippen molar-refractivity contribution in [3.63, 3.8) is 0 Å². The lowest BCUT2D eigenvalue weighted by Crippen LogP contribution is -2.09. The lowest BCUT2D eigenvalue weighted by Gasteiger charge is -2.12. The fourth-order valence-corrected chi connectivity index (χ4v) is 5.71. The van der Waals surface area contributed by atoms with Crippen molar-refractivity contribution < 1.29 is 13.9 Å². The number of aromatic nitrogens is 3. The first kappa shape index (κ1) is 31.3. The largest absolute Gasteiger partial charge is 0.497 e. The molecule has 0 amide bonds. The van der Waals surface area contributed by atoms with Crippen LogP contribution in [0.5, 0.6) is 11.5 Å². The van der Waals surface area contributed by atoms with Crippen LogP contribution in [-0.4, -0.2) is 28.3 Å². The number of ether oxygens (including phenoxy) is 2. The van der Waals surface area contributed by atoms with Crippen LogP contribution >= 0.6 is 57.6 Å². The number of hydrazone groups is 1. The molecule has 216 valence electrons. The molecule has 0 unspecified atom stereocenters. The van der Waals surface area contributed by atoms with Gasteiger partial charge in [0.15, 0.2) is 0 Å². The van der Waals surface area contributed by atoms with Crippen LogP contribution in [0.2, 0.25) is 0 Å². The highest BCUT2D eigenvalue weighted by Crippen LogP contribution is 2.28. The van der Waals surface area contributed by atoms with E-state index in [1.54, 1.807) is 19.6 Å². The van der Waals surface area contributed by atoms with Gasteiger partial charge in [0.1, 0.15) is 23.9 Å². The van der Waals surface area contributed by atoms with Crippen molar-refractivity contribution in [1.29, 1.82) is 0 Å².